The maximum absolute atomic E-state index is 10.8. The van der Waals surface area contributed by atoms with Crippen LogP contribution in [0.1, 0.15) is 59.8 Å². The number of hydrogen-bond acceptors (Lipinski definition) is 1. The third kappa shape index (κ3) is 6.38. The standard InChI is InChI=1S/C11H22O/c1-5-6-8-11(3,4)9-7-10(2)12/h5-9H2,1-4H3. The SMILES string of the molecule is CCCCC(C)(C)CCC(C)=O. The molecule has 0 N–H and O–H groups in total. The molecule has 0 aliphatic rings. The number of unbranched alkanes of at least 4 members (excludes halogenated alkanes) is 1. The molecule has 0 spiro atoms. The van der Waals surface area contributed by atoms with Gasteiger partial charge in [0.15, 0.2) is 0 Å². The second-order valence-corrected chi connectivity index (χ2v) is 4.47. The van der Waals surface area contributed by atoms with Crippen LogP contribution in [0.3, 0.4) is 0 Å². The zero-order valence-electron chi connectivity index (χ0n) is 8.94. The highest BCUT2D eigenvalue weighted by Gasteiger charge is 2.16. The van der Waals surface area contributed by atoms with E-state index >= 15 is 0 Å². The largest absolute Gasteiger partial charge is 0.300 e. The highest BCUT2D eigenvalue weighted by atomic mass is 16.1. The molecule has 0 rings (SSSR count). The Balaban J connectivity index is 3.63. The van der Waals surface area contributed by atoms with Crippen molar-refractivity contribution in [3.63, 3.8) is 0 Å². The van der Waals surface area contributed by atoms with Gasteiger partial charge in [-0.3, -0.25) is 0 Å². The van der Waals surface area contributed by atoms with Crippen LogP contribution in [-0.4, -0.2) is 5.78 Å². The van der Waals surface area contributed by atoms with E-state index in [9.17, 15) is 4.79 Å². The van der Waals surface area contributed by atoms with Crippen molar-refractivity contribution in [2.45, 2.75) is 59.8 Å². The summed E-state index contributed by atoms with van der Waals surface area (Å²) in [5.74, 6) is 0.319. The van der Waals surface area contributed by atoms with Gasteiger partial charge in [0.25, 0.3) is 0 Å². The van der Waals surface area contributed by atoms with E-state index in [-0.39, 0.29) is 0 Å². The third-order valence-corrected chi connectivity index (χ3v) is 2.36. The normalized spacial score (nSPS) is 11.7. The zero-order valence-corrected chi connectivity index (χ0v) is 8.94. The molecule has 0 radical (unpaired) electrons. The van der Waals surface area contributed by atoms with E-state index < -0.39 is 0 Å². The van der Waals surface area contributed by atoms with E-state index in [4.69, 9.17) is 0 Å². The Labute approximate surface area is 76.6 Å². The molecule has 12 heavy (non-hydrogen) atoms. The van der Waals surface area contributed by atoms with Gasteiger partial charge in [0, 0.05) is 6.42 Å². The van der Waals surface area contributed by atoms with Crippen LogP contribution in [-0.2, 0) is 4.79 Å². The summed E-state index contributed by atoms with van der Waals surface area (Å²) in [6.07, 6.45) is 5.57. The Morgan fingerprint density at radius 1 is 1.25 bits per heavy atom. The van der Waals surface area contributed by atoms with Crippen LogP contribution in [0.4, 0.5) is 0 Å². The molecule has 0 aromatic carbocycles. The summed E-state index contributed by atoms with van der Waals surface area (Å²) in [4.78, 5) is 10.8. The number of hydrogen-bond donors (Lipinski definition) is 0. The van der Waals surface area contributed by atoms with Crippen molar-refractivity contribution < 1.29 is 4.79 Å². The van der Waals surface area contributed by atoms with Crippen LogP contribution >= 0.6 is 0 Å². The van der Waals surface area contributed by atoms with Crippen molar-refractivity contribution in [2.24, 2.45) is 5.41 Å². The monoisotopic (exact) mass is 170 g/mol. The van der Waals surface area contributed by atoms with Crippen molar-refractivity contribution >= 4 is 5.78 Å². The smallest absolute Gasteiger partial charge is 0.129 e. The summed E-state index contributed by atoms with van der Waals surface area (Å²) >= 11 is 0. The van der Waals surface area contributed by atoms with Gasteiger partial charge in [-0.25, -0.2) is 0 Å². The first kappa shape index (κ1) is 11.7. The molecule has 1 nitrogen and oxygen atoms in total. The van der Waals surface area contributed by atoms with Gasteiger partial charge in [0.2, 0.25) is 0 Å². The number of carbonyl (C=O) groups excluding carboxylic acids is 1. The fourth-order valence-corrected chi connectivity index (χ4v) is 1.29. The molecule has 0 fully saturated rings. The maximum atomic E-state index is 10.8. The van der Waals surface area contributed by atoms with E-state index in [0.717, 1.165) is 12.8 Å². The molecular weight excluding hydrogens is 148 g/mol. The molecule has 1 heteroatoms. The van der Waals surface area contributed by atoms with Crippen molar-refractivity contribution in [2.75, 3.05) is 0 Å². The Kier molecular flexibility index (Phi) is 5.19. The quantitative estimate of drug-likeness (QED) is 0.595. The first-order valence-electron chi connectivity index (χ1n) is 4.97. The lowest BCUT2D eigenvalue weighted by Gasteiger charge is -2.23. The van der Waals surface area contributed by atoms with Gasteiger partial charge < -0.3 is 4.79 Å². The number of rotatable bonds is 6. The lowest BCUT2D eigenvalue weighted by molar-refractivity contribution is -0.117. The second-order valence-electron chi connectivity index (χ2n) is 4.47. The lowest BCUT2D eigenvalue weighted by atomic mass is 9.82. The molecule has 72 valence electrons. The van der Waals surface area contributed by atoms with Crippen molar-refractivity contribution in [3.05, 3.63) is 0 Å². The fourth-order valence-electron chi connectivity index (χ4n) is 1.29. The van der Waals surface area contributed by atoms with Gasteiger partial charge in [-0.05, 0) is 25.2 Å². The summed E-state index contributed by atoms with van der Waals surface area (Å²) in [5, 5.41) is 0. The zero-order chi connectivity index (χ0) is 9.61. The van der Waals surface area contributed by atoms with Crippen LogP contribution in [0.25, 0.3) is 0 Å². The number of carbonyl (C=O) groups is 1. The van der Waals surface area contributed by atoms with E-state index in [1.165, 1.54) is 19.3 Å². The lowest BCUT2D eigenvalue weighted by Crippen LogP contribution is -2.12. The van der Waals surface area contributed by atoms with Gasteiger partial charge >= 0.3 is 0 Å². The number of ketones is 1. The molecule has 0 aliphatic heterocycles. The molecule has 0 aromatic heterocycles. The molecule has 0 heterocycles. The van der Waals surface area contributed by atoms with E-state index in [2.05, 4.69) is 20.8 Å². The van der Waals surface area contributed by atoms with E-state index in [0.29, 0.717) is 11.2 Å². The van der Waals surface area contributed by atoms with Crippen LogP contribution in [0.15, 0.2) is 0 Å². The van der Waals surface area contributed by atoms with Gasteiger partial charge in [-0.1, -0.05) is 33.6 Å². The molecule has 0 saturated heterocycles. The predicted octanol–water partition coefficient (Wildman–Crippen LogP) is 3.57. The minimum atomic E-state index is 0.319. The maximum Gasteiger partial charge on any atom is 0.129 e. The molecule has 0 atom stereocenters. The molecule has 0 aliphatic carbocycles. The Bertz CT molecular complexity index is 136. The number of Topliss-reactive ketones (excluding diaryl/α,β-unsaturated/α-hetero) is 1. The summed E-state index contributed by atoms with van der Waals surface area (Å²) in [7, 11) is 0. The van der Waals surface area contributed by atoms with Crippen molar-refractivity contribution in [1.29, 1.82) is 0 Å². The molecule has 0 amide bonds. The van der Waals surface area contributed by atoms with Gasteiger partial charge in [-0.15, -0.1) is 0 Å². The Morgan fingerprint density at radius 2 is 1.83 bits per heavy atom. The fraction of sp³-hybridized carbons (Fsp3) is 0.909. The Hall–Kier alpha value is -0.330. The summed E-state index contributed by atoms with van der Waals surface area (Å²) in [6, 6.07) is 0. The second kappa shape index (κ2) is 5.34. The first-order valence-corrected chi connectivity index (χ1v) is 4.97. The van der Waals surface area contributed by atoms with Gasteiger partial charge in [0.1, 0.15) is 5.78 Å². The minimum absolute atomic E-state index is 0.319. The van der Waals surface area contributed by atoms with Crippen LogP contribution in [0.2, 0.25) is 0 Å². The summed E-state index contributed by atoms with van der Waals surface area (Å²) < 4.78 is 0. The van der Waals surface area contributed by atoms with Crippen LogP contribution in [0.5, 0.6) is 0 Å². The first-order chi connectivity index (χ1) is 5.48. The van der Waals surface area contributed by atoms with E-state index in [1.54, 1.807) is 6.92 Å². The summed E-state index contributed by atoms with van der Waals surface area (Å²) in [5.41, 5.74) is 0.363. The highest BCUT2D eigenvalue weighted by molar-refractivity contribution is 5.75. The topological polar surface area (TPSA) is 17.1 Å². The molecular formula is C11H22O. The Morgan fingerprint density at radius 3 is 2.25 bits per heavy atom. The van der Waals surface area contributed by atoms with Crippen molar-refractivity contribution in [3.8, 4) is 0 Å². The average Bonchev–Trinajstić information content (AvgIpc) is 1.98. The predicted molar refractivity (Wildman–Crippen MR) is 53.2 cm³/mol. The molecule has 0 bridgehead atoms. The van der Waals surface area contributed by atoms with Crippen LogP contribution in [0, 0.1) is 5.41 Å². The average molecular weight is 170 g/mol. The minimum Gasteiger partial charge on any atom is -0.300 e. The third-order valence-electron chi connectivity index (χ3n) is 2.36. The molecule has 0 aromatic rings. The van der Waals surface area contributed by atoms with Crippen LogP contribution < -0.4 is 0 Å². The van der Waals surface area contributed by atoms with Crippen molar-refractivity contribution in [1.82, 2.24) is 0 Å². The molecule has 0 saturated carbocycles. The van der Waals surface area contributed by atoms with Gasteiger partial charge in [-0.2, -0.15) is 0 Å². The molecule has 0 unspecified atom stereocenters. The summed E-state index contributed by atoms with van der Waals surface area (Å²) in [6.45, 7) is 8.40. The van der Waals surface area contributed by atoms with E-state index in [1.807, 2.05) is 0 Å². The highest BCUT2D eigenvalue weighted by Crippen LogP contribution is 2.28. The van der Waals surface area contributed by atoms with Gasteiger partial charge in [0.05, 0.1) is 0 Å².